The predicted molar refractivity (Wildman–Crippen MR) is 86.4 cm³/mol. The van der Waals surface area contributed by atoms with E-state index in [4.69, 9.17) is 10.00 Å². The average Bonchev–Trinajstić information content (AvgIpc) is 3.15. The van der Waals surface area contributed by atoms with Gasteiger partial charge in [-0.3, -0.25) is 4.79 Å². The molecule has 0 radical (unpaired) electrons. The molecule has 1 heterocycles. The zero-order valence-electron chi connectivity index (χ0n) is 12.3. The molecule has 3 rings (SSSR count). The zero-order chi connectivity index (χ0) is 16.2. The fourth-order valence-electron chi connectivity index (χ4n) is 2.46. The Morgan fingerprint density at radius 1 is 1.26 bits per heavy atom. The number of nitrogens with one attached hydrogen (secondary N) is 1. The van der Waals surface area contributed by atoms with Crippen LogP contribution in [0.3, 0.4) is 0 Å². The second-order valence-electron chi connectivity index (χ2n) is 5.23. The molecular weight excluding hydrogens is 312 g/mol. The third-order valence-electron chi connectivity index (χ3n) is 3.58. The van der Waals surface area contributed by atoms with Crippen LogP contribution < -0.4 is 5.32 Å². The maximum absolute atomic E-state index is 12.0. The third kappa shape index (κ3) is 3.58. The van der Waals surface area contributed by atoms with E-state index in [1.165, 1.54) is 21.8 Å². The van der Waals surface area contributed by atoms with Crippen molar-refractivity contribution in [2.24, 2.45) is 0 Å². The minimum atomic E-state index is -0.459. The number of fused-ring (bicyclic) bond motifs is 1. The quantitative estimate of drug-likeness (QED) is 0.876. The summed E-state index contributed by atoms with van der Waals surface area (Å²) in [5.74, 6) is -0.869. The Kier molecular flexibility index (Phi) is 4.40. The van der Waals surface area contributed by atoms with Gasteiger partial charge in [0.2, 0.25) is 0 Å². The van der Waals surface area contributed by atoms with Crippen molar-refractivity contribution in [2.75, 3.05) is 11.9 Å². The van der Waals surface area contributed by atoms with E-state index < -0.39 is 11.9 Å². The Morgan fingerprint density at radius 2 is 2.04 bits per heavy atom. The van der Waals surface area contributed by atoms with Crippen molar-refractivity contribution in [1.29, 1.82) is 5.26 Å². The van der Waals surface area contributed by atoms with Crippen LogP contribution >= 0.6 is 11.3 Å². The highest BCUT2D eigenvalue weighted by atomic mass is 32.1. The van der Waals surface area contributed by atoms with Gasteiger partial charge in [0.15, 0.2) is 6.61 Å². The number of carbonyl (C=O) groups is 2. The number of amides is 1. The van der Waals surface area contributed by atoms with E-state index in [0.29, 0.717) is 16.1 Å². The molecule has 1 aliphatic carbocycles. The molecule has 1 aromatic carbocycles. The summed E-state index contributed by atoms with van der Waals surface area (Å²) in [7, 11) is 0. The van der Waals surface area contributed by atoms with Crippen molar-refractivity contribution in [1.82, 2.24) is 0 Å². The standard InChI is InChI=1S/C17H14N2O3S/c18-9-11-4-6-13(7-5-11)19-16(20)10-22-17(21)15-8-12-2-1-3-14(12)23-15/h4-8H,1-3,10H2,(H,19,20). The molecule has 0 atom stereocenters. The molecule has 1 aromatic heterocycles. The van der Waals surface area contributed by atoms with Gasteiger partial charge in [0.05, 0.1) is 11.6 Å². The van der Waals surface area contributed by atoms with E-state index in [0.717, 1.165) is 19.3 Å². The molecule has 116 valence electrons. The van der Waals surface area contributed by atoms with E-state index in [9.17, 15) is 9.59 Å². The molecule has 0 spiro atoms. The molecule has 5 nitrogen and oxygen atoms in total. The normalized spacial score (nSPS) is 12.3. The van der Waals surface area contributed by atoms with Gasteiger partial charge in [-0.2, -0.15) is 5.26 Å². The number of benzene rings is 1. The van der Waals surface area contributed by atoms with Gasteiger partial charge in [-0.15, -0.1) is 11.3 Å². The van der Waals surface area contributed by atoms with Gasteiger partial charge in [-0.05, 0) is 55.2 Å². The molecular formula is C17H14N2O3S. The number of esters is 1. The van der Waals surface area contributed by atoms with Crippen LogP contribution in [-0.2, 0) is 22.4 Å². The van der Waals surface area contributed by atoms with Gasteiger partial charge in [0.25, 0.3) is 5.91 Å². The lowest BCUT2D eigenvalue weighted by atomic mass is 10.2. The van der Waals surface area contributed by atoms with Crippen LogP contribution in [0.4, 0.5) is 5.69 Å². The second-order valence-corrected chi connectivity index (χ2v) is 6.36. The first-order valence-electron chi connectivity index (χ1n) is 7.24. The van der Waals surface area contributed by atoms with Crippen molar-refractivity contribution in [2.45, 2.75) is 19.3 Å². The maximum atomic E-state index is 12.0. The van der Waals surface area contributed by atoms with E-state index >= 15 is 0 Å². The van der Waals surface area contributed by atoms with Gasteiger partial charge in [0.1, 0.15) is 4.88 Å². The van der Waals surface area contributed by atoms with Crippen LogP contribution in [0.15, 0.2) is 30.3 Å². The lowest BCUT2D eigenvalue weighted by molar-refractivity contribution is -0.119. The number of ether oxygens (including phenoxy) is 1. The molecule has 0 aliphatic heterocycles. The zero-order valence-corrected chi connectivity index (χ0v) is 13.1. The minimum Gasteiger partial charge on any atom is -0.451 e. The molecule has 0 fully saturated rings. The Hall–Kier alpha value is -2.65. The minimum absolute atomic E-state index is 0.332. The largest absolute Gasteiger partial charge is 0.451 e. The number of hydrogen-bond acceptors (Lipinski definition) is 5. The van der Waals surface area contributed by atoms with Crippen molar-refractivity contribution >= 4 is 28.9 Å². The van der Waals surface area contributed by atoms with Crippen molar-refractivity contribution < 1.29 is 14.3 Å². The van der Waals surface area contributed by atoms with Crippen molar-refractivity contribution in [3.8, 4) is 6.07 Å². The van der Waals surface area contributed by atoms with Gasteiger partial charge in [0, 0.05) is 10.6 Å². The number of hydrogen-bond donors (Lipinski definition) is 1. The highest BCUT2D eigenvalue weighted by Crippen LogP contribution is 2.30. The van der Waals surface area contributed by atoms with E-state index in [2.05, 4.69) is 5.32 Å². The number of aryl methyl sites for hydroxylation is 2. The van der Waals surface area contributed by atoms with Crippen LogP contribution in [0.2, 0.25) is 0 Å². The first-order valence-corrected chi connectivity index (χ1v) is 8.06. The number of nitrogens with zero attached hydrogens (tertiary/aromatic N) is 1. The first kappa shape index (κ1) is 15.3. The number of carbonyl (C=O) groups excluding carboxylic acids is 2. The summed E-state index contributed by atoms with van der Waals surface area (Å²) in [4.78, 5) is 25.6. The number of thiophene rings is 1. The van der Waals surface area contributed by atoms with Crippen LogP contribution in [0.5, 0.6) is 0 Å². The second kappa shape index (κ2) is 6.63. The Bertz CT molecular complexity index is 766. The smallest absolute Gasteiger partial charge is 0.348 e. The Labute approximate surface area is 137 Å². The molecule has 1 N–H and O–H groups in total. The van der Waals surface area contributed by atoms with Crippen LogP contribution in [0.25, 0.3) is 0 Å². The van der Waals surface area contributed by atoms with Crippen molar-refractivity contribution in [3.05, 3.63) is 51.2 Å². The summed E-state index contributed by atoms with van der Waals surface area (Å²) < 4.78 is 5.05. The third-order valence-corrected chi connectivity index (χ3v) is 4.80. The average molecular weight is 326 g/mol. The summed E-state index contributed by atoms with van der Waals surface area (Å²) in [5.41, 5.74) is 2.30. The van der Waals surface area contributed by atoms with E-state index in [1.807, 2.05) is 12.1 Å². The number of anilines is 1. The van der Waals surface area contributed by atoms with Crippen LogP contribution in [0, 0.1) is 11.3 Å². The molecule has 23 heavy (non-hydrogen) atoms. The Morgan fingerprint density at radius 3 is 2.74 bits per heavy atom. The van der Waals surface area contributed by atoms with E-state index in [-0.39, 0.29) is 6.61 Å². The summed E-state index contributed by atoms with van der Waals surface area (Å²) in [6.07, 6.45) is 3.17. The van der Waals surface area contributed by atoms with Gasteiger partial charge in [-0.25, -0.2) is 4.79 Å². The summed E-state index contributed by atoms with van der Waals surface area (Å²) in [5, 5.41) is 11.3. The summed E-state index contributed by atoms with van der Waals surface area (Å²) >= 11 is 1.45. The molecule has 0 saturated heterocycles. The molecule has 0 saturated carbocycles. The first-order chi connectivity index (χ1) is 11.2. The fraction of sp³-hybridized carbons (Fsp3) is 0.235. The lowest BCUT2D eigenvalue weighted by Crippen LogP contribution is -2.20. The van der Waals surface area contributed by atoms with Gasteiger partial charge >= 0.3 is 5.97 Å². The SMILES string of the molecule is N#Cc1ccc(NC(=O)COC(=O)c2cc3c(s2)CCC3)cc1. The van der Waals surface area contributed by atoms with Crippen LogP contribution in [0.1, 0.15) is 32.1 Å². The predicted octanol–water partition coefficient (Wildman–Crippen LogP) is 2.90. The summed E-state index contributed by atoms with van der Waals surface area (Å²) in [6, 6.07) is 10.3. The maximum Gasteiger partial charge on any atom is 0.348 e. The topological polar surface area (TPSA) is 79.2 Å². The van der Waals surface area contributed by atoms with Gasteiger partial charge in [-0.1, -0.05) is 0 Å². The fourth-order valence-corrected chi connectivity index (χ4v) is 3.60. The number of nitriles is 1. The van der Waals surface area contributed by atoms with Crippen LogP contribution in [-0.4, -0.2) is 18.5 Å². The molecule has 0 bridgehead atoms. The highest BCUT2D eigenvalue weighted by molar-refractivity contribution is 7.14. The molecule has 6 heteroatoms. The molecule has 2 aromatic rings. The molecule has 1 aliphatic rings. The Balaban J connectivity index is 1.51. The highest BCUT2D eigenvalue weighted by Gasteiger charge is 2.19. The van der Waals surface area contributed by atoms with Crippen molar-refractivity contribution in [3.63, 3.8) is 0 Å². The monoisotopic (exact) mass is 326 g/mol. The molecule has 1 amide bonds. The molecule has 0 unspecified atom stereocenters. The van der Waals surface area contributed by atoms with E-state index in [1.54, 1.807) is 24.3 Å². The summed E-state index contributed by atoms with van der Waals surface area (Å²) in [6.45, 7) is -0.332. The van der Waals surface area contributed by atoms with Gasteiger partial charge < -0.3 is 10.1 Å². The number of rotatable bonds is 4. The lowest BCUT2D eigenvalue weighted by Gasteiger charge is -2.06.